The van der Waals surface area contributed by atoms with Crippen molar-refractivity contribution in [1.82, 2.24) is 5.32 Å². The van der Waals surface area contributed by atoms with E-state index >= 15 is 0 Å². The van der Waals surface area contributed by atoms with Crippen LogP contribution in [0.15, 0.2) is 11.5 Å². The molecule has 0 atom stereocenters. The van der Waals surface area contributed by atoms with Gasteiger partial charge in [0, 0.05) is 17.4 Å². The molecule has 0 unspecified atom stereocenters. The smallest absolute Gasteiger partial charge is 0.121 e. The van der Waals surface area contributed by atoms with Gasteiger partial charge in [0.05, 0.1) is 5.70 Å². The molecule has 1 heterocycles. The van der Waals surface area contributed by atoms with Crippen LogP contribution in [0.3, 0.4) is 0 Å². The zero-order valence-corrected chi connectivity index (χ0v) is 10.3. The van der Waals surface area contributed by atoms with Crippen LogP contribution in [-0.4, -0.2) is 13.2 Å². The van der Waals surface area contributed by atoms with Gasteiger partial charge in [0.2, 0.25) is 0 Å². The van der Waals surface area contributed by atoms with Crippen molar-refractivity contribution in [3.8, 4) is 0 Å². The van der Waals surface area contributed by atoms with Crippen LogP contribution in [-0.2, 0) is 4.74 Å². The molecule has 14 heavy (non-hydrogen) atoms. The molecule has 0 fully saturated rings. The molecule has 1 N–H and O–H groups in total. The van der Waals surface area contributed by atoms with Crippen LogP contribution in [0.25, 0.3) is 0 Å². The van der Waals surface area contributed by atoms with Crippen LogP contribution in [0, 0.1) is 10.8 Å². The first kappa shape index (κ1) is 11.4. The molecule has 0 amide bonds. The number of ether oxygens (including phenoxy) is 1. The fourth-order valence-corrected chi connectivity index (χ4v) is 1.68. The van der Waals surface area contributed by atoms with E-state index in [0.29, 0.717) is 0 Å². The summed E-state index contributed by atoms with van der Waals surface area (Å²) in [6.07, 6.45) is 0. The van der Waals surface area contributed by atoms with Gasteiger partial charge in [0.25, 0.3) is 0 Å². The molecule has 0 saturated carbocycles. The highest BCUT2D eigenvalue weighted by molar-refractivity contribution is 5.20. The Morgan fingerprint density at radius 1 is 1.00 bits per heavy atom. The first-order chi connectivity index (χ1) is 6.23. The Morgan fingerprint density at radius 3 is 1.93 bits per heavy atom. The van der Waals surface area contributed by atoms with Gasteiger partial charge in [0.1, 0.15) is 12.4 Å². The minimum absolute atomic E-state index is 0.0933. The van der Waals surface area contributed by atoms with E-state index in [1.807, 2.05) is 0 Å². The van der Waals surface area contributed by atoms with Crippen molar-refractivity contribution in [2.75, 3.05) is 13.2 Å². The molecule has 0 aromatic heterocycles. The van der Waals surface area contributed by atoms with E-state index < -0.39 is 0 Å². The Balaban J connectivity index is 3.10. The summed E-state index contributed by atoms with van der Waals surface area (Å²) in [4.78, 5) is 0. The van der Waals surface area contributed by atoms with Crippen molar-refractivity contribution in [3.05, 3.63) is 11.5 Å². The fraction of sp³-hybridized carbons (Fsp3) is 0.833. The van der Waals surface area contributed by atoms with Gasteiger partial charge in [-0.25, -0.2) is 0 Å². The van der Waals surface area contributed by atoms with Crippen molar-refractivity contribution in [1.29, 1.82) is 0 Å². The molecule has 0 aromatic carbocycles. The van der Waals surface area contributed by atoms with Gasteiger partial charge in [-0.3, -0.25) is 0 Å². The van der Waals surface area contributed by atoms with Gasteiger partial charge >= 0.3 is 0 Å². The van der Waals surface area contributed by atoms with Crippen LogP contribution < -0.4 is 5.32 Å². The van der Waals surface area contributed by atoms with Crippen molar-refractivity contribution >= 4 is 0 Å². The van der Waals surface area contributed by atoms with Gasteiger partial charge in [-0.15, -0.1) is 0 Å². The van der Waals surface area contributed by atoms with E-state index in [-0.39, 0.29) is 10.8 Å². The van der Waals surface area contributed by atoms with Crippen molar-refractivity contribution in [2.45, 2.75) is 41.5 Å². The van der Waals surface area contributed by atoms with Gasteiger partial charge in [-0.05, 0) is 0 Å². The third-order valence-corrected chi connectivity index (χ3v) is 2.31. The molecule has 2 heteroatoms. The van der Waals surface area contributed by atoms with Gasteiger partial charge in [-0.2, -0.15) is 0 Å². The summed E-state index contributed by atoms with van der Waals surface area (Å²) in [5.74, 6) is 1.12. The van der Waals surface area contributed by atoms with Crippen molar-refractivity contribution < 1.29 is 4.74 Å². The van der Waals surface area contributed by atoms with E-state index in [1.54, 1.807) is 0 Å². The first-order valence-electron chi connectivity index (χ1n) is 5.35. The standard InChI is InChI=1S/C12H23NO/c1-11(2,3)9-10(12(4,5)6)14-8-7-13-9/h13H,7-8H2,1-6H3. The normalized spacial score (nSPS) is 19.0. The fourth-order valence-electron chi connectivity index (χ4n) is 1.68. The van der Waals surface area contributed by atoms with Crippen LogP contribution in [0.4, 0.5) is 0 Å². The summed E-state index contributed by atoms with van der Waals surface area (Å²) in [7, 11) is 0. The average Bonchev–Trinajstić information content (AvgIpc) is 2.01. The Bertz CT molecular complexity index is 214. The van der Waals surface area contributed by atoms with Gasteiger partial charge in [0.15, 0.2) is 0 Å². The molecule has 2 nitrogen and oxygen atoms in total. The summed E-state index contributed by atoms with van der Waals surface area (Å²) in [6.45, 7) is 14.9. The molecule has 0 saturated heterocycles. The van der Waals surface area contributed by atoms with Crippen LogP contribution in [0.2, 0.25) is 0 Å². The topological polar surface area (TPSA) is 21.3 Å². The largest absolute Gasteiger partial charge is 0.494 e. The maximum Gasteiger partial charge on any atom is 0.121 e. The van der Waals surface area contributed by atoms with Gasteiger partial charge in [-0.1, -0.05) is 41.5 Å². The highest BCUT2D eigenvalue weighted by Gasteiger charge is 2.31. The second kappa shape index (κ2) is 3.48. The molecular formula is C12H23NO. The second-order valence-corrected chi connectivity index (χ2v) is 5.98. The lowest BCUT2D eigenvalue weighted by atomic mass is 9.83. The Labute approximate surface area is 87.7 Å². The molecule has 1 rings (SSSR count). The molecular weight excluding hydrogens is 174 g/mol. The zero-order chi connectivity index (χ0) is 11.0. The maximum atomic E-state index is 5.80. The van der Waals surface area contributed by atoms with E-state index in [2.05, 4.69) is 46.9 Å². The summed E-state index contributed by atoms with van der Waals surface area (Å²) < 4.78 is 5.80. The molecule has 0 aromatic rings. The highest BCUT2D eigenvalue weighted by Crippen LogP contribution is 2.36. The minimum Gasteiger partial charge on any atom is -0.494 e. The monoisotopic (exact) mass is 197 g/mol. The quantitative estimate of drug-likeness (QED) is 0.644. The van der Waals surface area contributed by atoms with Crippen molar-refractivity contribution in [3.63, 3.8) is 0 Å². The first-order valence-corrected chi connectivity index (χ1v) is 5.35. The number of hydrogen-bond donors (Lipinski definition) is 1. The van der Waals surface area contributed by atoms with E-state index in [9.17, 15) is 0 Å². The summed E-state index contributed by atoms with van der Waals surface area (Å²) in [5.41, 5.74) is 1.50. The summed E-state index contributed by atoms with van der Waals surface area (Å²) in [6, 6.07) is 0. The Morgan fingerprint density at radius 2 is 1.57 bits per heavy atom. The molecule has 0 bridgehead atoms. The van der Waals surface area contributed by atoms with Crippen LogP contribution >= 0.6 is 0 Å². The predicted octanol–water partition coefficient (Wildman–Crippen LogP) is 2.91. The number of hydrogen-bond acceptors (Lipinski definition) is 2. The molecule has 0 aliphatic carbocycles. The van der Waals surface area contributed by atoms with Crippen LogP contribution in [0.1, 0.15) is 41.5 Å². The highest BCUT2D eigenvalue weighted by atomic mass is 16.5. The van der Waals surface area contributed by atoms with Crippen LogP contribution in [0.5, 0.6) is 0 Å². The third kappa shape index (κ3) is 2.43. The second-order valence-electron chi connectivity index (χ2n) is 5.98. The third-order valence-electron chi connectivity index (χ3n) is 2.31. The molecule has 1 aliphatic heterocycles. The lowest BCUT2D eigenvalue weighted by Crippen LogP contribution is -2.37. The summed E-state index contributed by atoms with van der Waals surface area (Å²) >= 11 is 0. The molecule has 82 valence electrons. The van der Waals surface area contributed by atoms with Crippen molar-refractivity contribution in [2.24, 2.45) is 10.8 Å². The molecule has 0 spiro atoms. The maximum absolute atomic E-state index is 5.80. The molecule has 1 aliphatic rings. The van der Waals surface area contributed by atoms with E-state index in [0.717, 1.165) is 18.9 Å². The SMILES string of the molecule is CC(C)(C)C1=C(C(C)(C)C)OCCN1. The molecule has 0 radical (unpaired) electrons. The minimum atomic E-state index is 0.0933. The average molecular weight is 197 g/mol. The number of allylic oxidation sites excluding steroid dienone is 2. The van der Waals surface area contributed by atoms with E-state index in [1.165, 1.54) is 5.70 Å². The Hall–Kier alpha value is -0.660. The van der Waals surface area contributed by atoms with Gasteiger partial charge < -0.3 is 10.1 Å². The number of rotatable bonds is 0. The lowest BCUT2D eigenvalue weighted by Gasteiger charge is -2.36. The van der Waals surface area contributed by atoms with E-state index in [4.69, 9.17) is 4.74 Å². The predicted molar refractivity (Wildman–Crippen MR) is 59.9 cm³/mol. The zero-order valence-electron chi connectivity index (χ0n) is 10.3. The lowest BCUT2D eigenvalue weighted by molar-refractivity contribution is 0.120. The number of nitrogens with one attached hydrogen (secondary N) is 1. The summed E-state index contributed by atoms with van der Waals surface area (Å²) in [5, 5.41) is 3.47. The Kier molecular flexibility index (Phi) is 2.84.